The molecule has 20 heavy (non-hydrogen) atoms. The lowest BCUT2D eigenvalue weighted by atomic mass is 9.76. The first-order chi connectivity index (χ1) is 9.61. The van der Waals surface area contributed by atoms with Gasteiger partial charge in [0.25, 0.3) is 0 Å². The molecule has 2 aliphatic heterocycles. The molecule has 2 heterocycles. The number of rotatable bonds is 2. The molecule has 0 saturated carbocycles. The molecule has 108 valence electrons. The van der Waals surface area contributed by atoms with Crippen LogP contribution in [0, 0.1) is 9.49 Å². The summed E-state index contributed by atoms with van der Waals surface area (Å²) in [6, 6.07) is 9.51. The van der Waals surface area contributed by atoms with Crippen molar-refractivity contribution < 1.29 is 9.53 Å². The van der Waals surface area contributed by atoms with Gasteiger partial charge in [-0.25, -0.2) is 0 Å². The first-order valence-electron chi connectivity index (χ1n) is 7.17. The van der Waals surface area contributed by atoms with E-state index in [4.69, 9.17) is 4.74 Å². The molecule has 0 amide bonds. The quantitative estimate of drug-likeness (QED) is 0.579. The molecule has 0 radical (unpaired) electrons. The average Bonchev–Trinajstić information content (AvgIpc) is 2.69. The van der Waals surface area contributed by atoms with Gasteiger partial charge in [0.05, 0.1) is 13.0 Å². The van der Waals surface area contributed by atoms with Crippen LogP contribution in [0.3, 0.4) is 0 Å². The van der Waals surface area contributed by atoms with E-state index in [0.29, 0.717) is 18.0 Å². The maximum Gasteiger partial charge on any atom is 0.310 e. The van der Waals surface area contributed by atoms with Crippen LogP contribution in [0.4, 0.5) is 0 Å². The Kier molecular flexibility index (Phi) is 4.04. The number of carbonyl (C=O) groups excluding carboxylic acids is 1. The zero-order chi connectivity index (χ0) is 14.3. The number of carbonyl (C=O) groups is 1. The SMILES string of the molecule is COC(=O)[C@H]1[C@@H](c2cccc(I)c2)C[C@@H]2CC[C@H]1N2C. The fraction of sp³-hybridized carbons (Fsp3) is 0.562. The lowest BCUT2D eigenvalue weighted by Gasteiger charge is -2.41. The summed E-state index contributed by atoms with van der Waals surface area (Å²) in [6.07, 6.45) is 3.38. The summed E-state index contributed by atoms with van der Waals surface area (Å²) in [7, 11) is 3.67. The second-order valence-electron chi connectivity index (χ2n) is 5.91. The molecule has 0 unspecified atom stereocenters. The molecule has 0 aromatic heterocycles. The second kappa shape index (κ2) is 5.64. The third-order valence-electron chi connectivity index (χ3n) is 5.02. The van der Waals surface area contributed by atoms with Crippen LogP contribution in [0.2, 0.25) is 0 Å². The highest BCUT2D eigenvalue weighted by Crippen LogP contribution is 2.46. The molecule has 3 rings (SSSR count). The van der Waals surface area contributed by atoms with E-state index in [9.17, 15) is 4.79 Å². The topological polar surface area (TPSA) is 29.5 Å². The van der Waals surface area contributed by atoms with E-state index in [1.807, 2.05) is 0 Å². The van der Waals surface area contributed by atoms with Crippen molar-refractivity contribution in [3.05, 3.63) is 33.4 Å². The third kappa shape index (κ3) is 2.37. The predicted octanol–water partition coefficient (Wildman–Crippen LogP) is 3.03. The van der Waals surface area contributed by atoms with Crippen LogP contribution < -0.4 is 0 Å². The monoisotopic (exact) mass is 385 g/mol. The van der Waals surface area contributed by atoms with Crippen molar-refractivity contribution in [2.24, 2.45) is 5.92 Å². The number of nitrogens with zero attached hydrogens (tertiary/aromatic N) is 1. The van der Waals surface area contributed by atoms with Crippen LogP contribution in [0.5, 0.6) is 0 Å². The Morgan fingerprint density at radius 2 is 2.20 bits per heavy atom. The summed E-state index contributed by atoms with van der Waals surface area (Å²) in [5.41, 5.74) is 1.29. The number of fused-ring (bicyclic) bond motifs is 2. The summed E-state index contributed by atoms with van der Waals surface area (Å²) in [5, 5.41) is 0. The van der Waals surface area contributed by atoms with Crippen LogP contribution in [-0.4, -0.2) is 37.1 Å². The number of ether oxygens (including phenoxy) is 1. The predicted molar refractivity (Wildman–Crippen MR) is 86.6 cm³/mol. The minimum Gasteiger partial charge on any atom is -0.469 e. The Morgan fingerprint density at radius 1 is 1.40 bits per heavy atom. The standard InChI is InChI=1S/C16H20INO2/c1-18-12-6-7-14(18)15(16(19)20-2)13(9-12)10-4-3-5-11(17)8-10/h3-5,8,12-15H,6-7,9H2,1-2H3/t12-,13+,14+,15-/m0/s1. The van der Waals surface area contributed by atoms with E-state index in [1.54, 1.807) is 0 Å². The zero-order valence-corrected chi connectivity index (χ0v) is 14.0. The van der Waals surface area contributed by atoms with E-state index in [2.05, 4.69) is 58.8 Å². The summed E-state index contributed by atoms with van der Waals surface area (Å²) in [6.45, 7) is 0. The molecular formula is C16H20INO2. The molecule has 2 fully saturated rings. The summed E-state index contributed by atoms with van der Waals surface area (Å²) in [4.78, 5) is 14.7. The summed E-state index contributed by atoms with van der Waals surface area (Å²) in [5.74, 6) is 0.221. The van der Waals surface area contributed by atoms with E-state index in [1.165, 1.54) is 22.7 Å². The molecule has 2 aliphatic rings. The fourth-order valence-electron chi connectivity index (χ4n) is 4.00. The van der Waals surface area contributed by atoms with Gasteiger partial charge >= 0.3 is 5.97 Å². The first kappa shape index (κ1) is 14.3. The Morgan fingerprint density at radius 3 is 2.90 bits per heavy atom. The molecule has 0 aliphatic carbocycles. The number of halogens is 1. The van der Waals surface area contributed by atoms with E-state index in [0.717, 1.165) is 12.8 Å². The van der Waals surface area contributed by atoms with Gasteiger partial charge in [0.1, 0.15) is 0 Å². The van der Waals surface area contributed by atoms with Gasteiger partial charge in [0, 0.05) is 21.6 Å². The number of esters is 1. The Bertz CT molecular complexity index is 519. The molecule has 1 aromatic carbocycles. The number of methoxy groups -OCH3 is 1. The van der Waals surface area contributed by atoms with Crippen molar-refractivity contribution in [3.8, 4) is 0 Å². The van der Waals surface area contributed by atoms with Crippen molar-refractivity contribution in [1.82, 2.24) is 4.90 Å². The van der Waals surface area contributed by atoms with Gasteiger partial charge in [0.15, 0.2) is 0 Å². The maximum atomic E-state index is 12.3. The summed E-state index contributed by atoms with van der Waals surface area (Å²) >= 11 is 2.34. The van der Waals surface area contributed by atoms with Crippen LogP contribution in [0.1, 0.15) is 30.7 Å². The second-order valence-corrected chi connectivity index (χ2v) is 7.16. The van der Waals surface area contributed by atoms with Crippen LogP contribution in [-0.2, 0) is 9.53 Å². The Labute approximate surface area is 133 Å². The van der Waals surface area contributed by atoms with E-state index >= 15 is 0 Å². The zero-order valence-electron chi connectivity index (χ0n) is 11.9. The minimum absolute atomic E-state index is 0.0260. The number of hydrogen-bond donors (Lipinski definition) is 0. The fourth-order valence-corrected chi connectivity index (χ4v) is 4.57. The Hall–Kier alpha value is -0.620. The highest BCUT2D eigenvalue weighted by Gasteiger charge is 2.49. The highest BCUT2D eigenvalue weighted by atomic mass is 127. The lowest BCUT2D eigenvalue weighted by Crippen LogP contribution is -2.49. The number of hydrogen-bond acceptors (Lipinski definition) is 3. The van der Waals surface area contributed by atoms with Crippen LogP contribution in [0.25, 0.3) is 0 Å². The molecule has 2 bridgehead atoms. The maximum absolute atomic E-state index is 12.3. The van der Waals surface area contributed by atoms with Gasteiger partial charge in [-0.05, 0) is 66.6 Å². The van der Waals surface area contributed by atoms with E-state index in [-0.39, 0.29) is 11.9 Å². The van der Waals surface area contributed by atoms with Gasteiger partial charge in [-0.3, -0.25) is 9.69 Å². The van der Waals surface area contributed by atoms with Crippen molar-refractivity contribution in [2.75, 3.05) is 14.2 Å². The molecule has 3 nitrogen and oxygen atoms in total. The van der Waals surface area contributed by atoms with Gasteiger partial charge in [-0.1, -0.05) is 12.1 Å². The molecule has 2 saturated heterocycles. The van der Waals surface area contributed by atoms with Crippen LogP contribution in [0.15, 0.2) is 24.3 Å². The smallest absolute Gasteiger partial charge is 0.310 e. The van der Waals surface area contributed by atoms with Crippen molar-refractivity contribution in [2.45, 2.75) is 37.3 Å². The van der Waals surface area contributed by atoms with Crippen molar-refractivity contribution in [3.63, 3.8) is 0 Å². The summed E-state index contributed by atoms with van der Waals surface area (Å²) < 4.78 is 6.33. The largest absolute Gasteiger partial charge is 0.469 e. The number of piperidine rings is 1. The molecule has 4 heteroatoms. The Balaban J connectivity index is 1.97. The normalized spacial score (nSPS) is 33.1. The average molecular weight is 385 g/mol. The van der Waals surface area contributed by atoms with Gasteiger partial charge in [-0.2, -0.15) is 0 Å². The van der Waals surface area contributed by atoms with Gasteiger partial charge < -0.3 is 4.74 Å². The highest BCUT2D eigenvalue weighted by molar-refractivity contribution is 14.1. The first-order valence-corrected chi connectivity index (χ1v) is 8.25. The van der Waals surface area contributed by atoms with Crippen LogP contribution >= 0.6 is 22.6 Å². The number of benzene rings is 1. The molecule has 1 aromatic rings. The molecule has 4 atom stereocenters. The van der Waals surface area contributed by atoms with Gasteiger partial charge in [-0.15, -0.1) is 0 Å². The van der Waals surface area contributed by atoms with E-state index < -0.39 is 0 Å². The molecule has 0 N–H and O–H groups in total. The van der Waals surface area contributed by atoms with Crippen molar-refractivity contribution in [1.29, 1.82) is 0 Å². The lowest BCUT2D eigenvalue weighted by molar-refractivity contribution is -0.150. The third-order valence-corrected chi connectivity index (χ3v) is 5.69. The van der Waals surface area contributed by atoms with Crippen molar-refractivity contribution >= 4 is 28.6 Å². The molecule has 0 spiro atoms. The molecular weight excluding hydrogens is 365 g/mol. The minimum atomic E-state index is -0.0499. The van der Waals surface area contributed by atoms with Gasteiger partial charge in [0.2, 0.25) is 0 Å².